The molecule has 0 saturated carbocycles. The van der Waals surface area contributed by atoms with Gasteiger partial charge < -0.3 is 14.7 Å². The molecule has 1 aliphatic heterocycles. The fraction of sp³-hybridized carbons (Fsp3) is 0.235. The topological polar surface area (TPSA) is 49.8 Å². The molecular formula is C17H17NO3. The largest absolute Gasteiger partial charge is 0.497 e. The lowest BCUT2D eigenvalue weighted by Crippen LogP contribution is -2.27. The normalized spacial score (nSPS) is 18.5. The van der Waals surface area contributed by atoms with Crippen LogP contribution in [0, 0.1) is 0 Å². The molecule has 0 bridgehead atoms. The third-order valence-corrected chi connectivity index (χ3v) is 4.00. The highest BCUT2D eigenvalue weighted by Crippen LogP contribution is 2.40. The summed E-state index contributed by atoms with van der Waals surface area (Å²) in [6.07, 6.45) is -0.770. The maximum atomic E-state index is 12.2. The summed E-state index contributed by atoms with van der Waals surface area (Å²) in [5.41, 5.74) is 2.29. The average molecular weight is 283 g/mol. The number of amides is 1. The summed E-state index contributed by atoms with van der Waals surface area (Å²) in [4.78, 5) is 13.8. The van der Waals surface area contributed by atoms with Crippen molar-refractivity contribution in [2.24, 2.45) is 0 Å². The molecule has 2 aromatic rings. The first-order valence-electron chi connectivity index (χ1n) is 6.81. The second-order valence-corrected chi connectivity index (χ2v) is 5.17. The number of rotatable bonds is 3. The van der Waals surface area contributed by atoms with Crippen molar-refractivity contribution in [1.82, 2.24) is 4.90 Å². The van der Waals surface area contributed by atoms with E-state index in [0.717, 1.165) is 16.9 Å². The number of carbonyl (C=O) groups excluding carboxylic acids is 1. The Hall–Kier alpha value is -2.33. The van der Waals surface area contributed by atoms with Crippen LogP contribution in [0.25, 0.3) is 0 Å². The smallest absolute Gasteiger partial charge is 0.254 e. The van der Waals surface area contributed by atoms with Gasteiger partial charge in [0.15, 0.2) is 0 Å². The van der Waals surface area contributed by atoms with Gasteiger partial charge in [0.25, 0.3) is 5.91 Å². The predicted octanol–water partition coefficient (Wildman–Crippen LogP) is 2.56. The van der Waals surface area contributed by atoms with Crippen LogP contribution >= 0.6 is 0 Å². The van der Waals surface area contributed by atoms with Gasteiger partial charge in [0.2, 0.25) is 0 Å². The zero-order valence-corrected chi connectivity index (χ0v) is 12.0. The van der Waals surface area contributed by atoms with Gasteiger partial charge >= 0.3 is 0 Å². The molecule has 3 rings (SSSR count). The van der Waals surface area contributed by atoms with Gasteiger partial charge in [-0.25, -0.2) is 0 Å². The number of fused-ring (bicyclic) bond motifs is 1. The summed E-state index contributed by atoms with van der Waals surface area (Å²) in [6.45, 7) is 0. The van der Waals surface area contributed by atoms with E-state index >= 15 is 0 Å². The fourth-order valence-electron chi connectivity index (χ4n) is 2.84. The van der Waals surface area contributed by atoms with Crippen LogP contribution < -0.4 is 4.74 Å². The predicted molar refractivity (Wildman–Crippen MR) is 79.2 cm³/mol. The minimum absolute atomic E-state index is 0.0526. The van der Waals surface area contributed by atoms with Crippen LogP contribution in [-0.4, -0.2) is 30.1 Å². The zero-order valence-electron chi connectivity index (χ0n) is 12.0. The first-order valence-corrected chi connectivity index (χ1v) is 6.81. The van der Waals surface area contributed by atoms with E-state index in [9.17, 15) is 9.90 Å². The number of aliphatic hydroxyl groups is 1. The highest BCUT2D eigenvalue weighted by molar-refractivity contribution is 5.99. The summed E-state index contributed by atoms with van der Waals surface area (Å²) in [5, 5.41) is 10.7. The first-order chi connectivity index (χ1) is 10.1. The van der Waals surface area contributed by atoms with E-state index in [-0.39, 0.29) is 11.9 Å². The lowest BCUT2D eigenvalue weighted by atomic mass is 9.95. The number of likely N-dealkylation sites (N-methyl/N-ethyl adjacent to an activating group) is 1. The first kappa shape index (κ1) is 13.6. The summed E-state index contributed by atoms with van der Waals surface area (Å²) >= 11 is 0. The van der Waals surface area contributed by atoms with E-state index in [0.29, 0.717) is 5.56 Å². The summed E-state index contributed by atoms with van der Waals surface area (Å²) in [6, 6.07) is 14.3. The summed E-state index contributed by atoms with van der Waals surface area (Å²) in [5.74, 6) is 0.686. The van der Waals surface area contributed by atoms with Crippen LogP contribution in [0.4, 0.5) is 0 Å². The van der Waals surface area contributed by atoms with Crippen LogP contribution in [0.1, 0.15) is 33.6 Å². The quantitative estimate of drug-likeness (QED) is 0.941. The van der Waals surface area contributed by atoms with Crippen molar-refractivity contribution in [1.29, 1.82) is 0 Å². The minimum Gasteiger partial charge on any atom is -0.497 e. The van der Waals surface area contributed by atoms with Crippen LogP contribution in [0.2, 0.25) is 0 Å². The molecule has 0 radical (unpaired) electrons. The van der Waals surface area contributed by atoms with Crippen LogP contribution in [0.3, 0.4) is 0 Å². The molecule has 0 fully saturated rings. The van der Waals surface area contributed by atoms with Gasteiger partial charge in [0, 0.05) is 12.6 Å². The molecule has 1 heterocycles. The Morgan fingerprint density at radius 1 is 1.14 bits per heavy atom. The second kappa shape index (κ2) is 5.22. The monoisotopic (exact) mass is 283 g/mol. The molecule has 0 saturated heterocycles. The van der Waals surface area contributed by atoms with Crippen molar-refractivity contribution >= 4 is 5.91 Å². The Labute approximate surface area is 123 Å². The highest BCUT2D eigenvalue weighted by atomic mass is 16.5. The summed E-state index contributed by atoms with van der Waals surface area (Å²) < 4.78 is 5.12. The average Bonchev–Trinajstić information content (AvgIpc) is 2.79. The number of methoxy groups -OCH3 is 1. The Bertz CT molecular complexity index is 666. The van der Waals surface area contributed by atoms with E-state index in [1.54, 1.807) is 37.3 Å². The summed E-state index contributed by atoms with van der Waals surface area (Å²) in [7, 11) is 3.32. The van der Waals surface area contributed by atoms with Gasteiger partial charge in [-0.05, 0) is 29.3 Å². The molecule has 0 aromatic heterocycles. The molecule has 2 aromatic carbocycles. The number of nitrogens with zero attached hydrogens (tertiary/aromatic N) is 1. The zero-order chi connectivity index (χ0) is 15.0. The van der Waals surface area contributed by atoms with Crippen molar-refractivity contribution in [3.05, 3.63) is 65.2 Å². The molecule has 21 heavy (non-hydrogen) atoms. The Morgan fingerprint density at radius 2 is 1.81 bits per heavy atom. The van der Waals surface area contributed by atoms with Crippen molar-refractivity contribution in [3.63, 3.8) is 0 Å². The van der Waals surface area contributed by atoms with Gasteiger partial charge in [0.1, 0.15) is 11.9 Å². The Kier molecular flexibility index (Phi) is 3.39. The Morgan fingerprint density at radius 3 is 2.48 bits per heavy atom. The minimum atomic E-state index is -0.770. The Balaban J connectivity index is 1.97. The number of carbonyl (C=O) groups is 1. The van der Waals surface area contributed by atoms with Crippen LogP contribution in [0.5, 0.6) is 5.75 Å². The van der Waals surface area contributed by atoms with Gasteiger partial charge in [-0.1, -0.05) is 30.3 Å². The molecule has 0 spiro atoms. The number of hydrogen-bond donors (Lipinski definition) is 1. The molecule has 1 N–H and O–H groups in total. The van der Waals surface area contributed by atoms with Gasteiger partial charge in [-0.15, -0.1) is 0 Å². The van der Waals surface area contributed by atoms with E-state index in [1.807, 2.05) is 30.3 Å². The lowest BCUT2D eigenvalue weighted by Gasteiger charge is -2.26. The third kappa shape index (κ3) is 2.17. The van der Waals surface area contributed by atoms with Crippen molar-refractivity contribution in [2.45, 2.75) is 12.1 Å². The fourth-order valence-corrected chi connectivity index (χ4v) is 2.84. The second-order valence-electron chi connectivity index (χ2n) is 5.17. The van der Waals surface area contributed by atoms with Crippen molar-refractivity contribution < 1.29 is 14.6 Å². The molecule has 4 heteroatoms. The van der Waals surface area contributed by atoms with Crippen molar-refractivity contribution in [2.75, 3.05) is 14.2 Å². The third-order valence-electron chi connectivity index (χ3n) is 4.00. The van der Waals surface area contributed by atoms with Crippen LogP contribution in [0.15, 0.2) is 48.5 Å². The van der Waals surface area contributed by atoms with E-state index in [4.69, 9.17) is 4.74 Å². The number of hydrogen-bond acceptors (Lipinski definition) is 3. The maximum Gasteiger partial charge on any atom is 0.254 e. The van der Waals surface area contributed by atoms with Crippen molar-refractivity contribution in [3.8, 4) is 5.75 Å². The van der Waals surface area contributed by atoms with E-state index in [2.05, 4.69) is 0 Å². The molecule has 0 aliphatic carbocycles. The number of aliphatic hydroxyl groups excluding tert-OH is 1. The highest BCUT2D eigenvalue weighted by Gasteiger charge is 2.38. The van der Waals surface area contributed by atoms with Gasteiger partial charge in [0.05, 0.1) is 13.2 Å². The molecule has 1 amide bonds. The number of benzene rings is 2. The molecule has 2 atom stereocenters. The van der Waals surface area contributed by atoms with Gasteiger partial charge in [-0.3, -0.25) is 4.79 Å². The molecule has 108 valence electrons. The standard InChI is InChI=1S/C17H17NO3/c1-18-15(13-5-3-4-6-14(13)17(18)20)16(19)11-7-9-12(21-2)10-8-11/h3-10,15-16,19H,1-2H3/t15-,16+/m1/s1. The molecule has 0 unspecified atom stereocenters. The lowest BCUT2D eigenvalue weighted by molar-refractivity contribution is 0.0514. The SMILES string of the molecule is COc1ccc([C@H](O)[C@H]2c3ccccc3C(=O)N2C)cc1. The van der Waals surface area contributed by atoms with E-state index < -0.39 is 6.10 Å². The molecule has 4 nitrogen and oxygen atoms in total. The maximum absolute atomic E-state index is 12.2. The molecular weight excluding hydrogens is 266 g/mol. The molecule has 1 aliphatic rings. The number of ether oxygens (including phenoxy) is 1. The van der Waals surface area contributed by atoms with Crippen LogP contribution in [-0.2, 0) is 0 Å². The van der Waals surface area contributed by atoms with Gasteiger partial charge in [-0.2, -0.15) is 0 Å². The van der Waals surface area contributed by atoms with E-state index in [1.165, 1.54) is 0 Å².